The van der Waals surface area contributed by atoms with E-state index < -0.39 is 5.60 Å². The van der Waals surface area contributed by atoms with Gasteiger partial charge in [0.05, 0.1) is 5.60 Å². The lowest BCUT2D eigenvalue weighted by molar-refractivity contribution is -0.102. The highest BCUT2D eigenvalue weighted by molar-refractivity contribution is 5.07. The second kappa shape index (κ2) is 4.22. The van der Waals surface area contributed by atoms with Crippen LogP contribution in [0.5, 0.6) is 0 Å². The van der Waals surface area contributed by atoms with Crippen LogP contribution in [-0.4, -0.2) is 42.3 Å². The van der Waals surface area contributed by atoms with E-state index in [2.05, 4.69) is 25.8 Å². The molecule has 3 nitrogen and oxygen atoms in total. The number of nitrogens with two attached hydrogens (primary N) is 1. The number of β-amino-alcohol motifs (C(OH)–C–C–N with tert-alkyl or cyclic N) is 1. The average molecular weight is 240 g/mol. The molecule has 0 spiro atoms. The van der Waals surface area contributed by atoms with Crippen molar-refractivity contribution >= 4 is 0 Å². The normalized spacial score (nSPS) is 37.2. The maximum absolute atomic E-state index is 11.0. The fourth-order valence-corrected chi connectivity index (χ4v) is 3.68. The van der Waals surface area contributed by atoms with E-state index in [9.17, 15) is 5.11 Å². The van der Waals surface area contributed by atoms with Crippen molar-refractivity contribution < 1.29 is 5.11 Å². The smallest absolute Gasteiger partial charge is 0.0853 e. The van der Waals surface area contributed by atoms with Crippen molar-refractivity contribution in [2.24, 2.45) is 16.6 Å². The summed E-state index contributed by atoms with van der Waals surface area (Å²) in [6.07, 6.45) is 5.44. The van der Waals surface area contributed by atoms with E-state index >= 15 is 0 Å². The molecule has 0 bridgehead atoms. The van der Waals surface area contributed by atoms with Gasteiger partial charge in [0.25, 0.3) is 0 Å². The molecule has 2 aliphatic rings. The Morgan fingerprint density at radius 1 is 1.12 bits per heavy atom. The van der Waals surface area contributed by atoms with Crippen LogP contribution in [0.25, 0.3) is 0 Å². The third kappa shape index (κ3) is 2.25. The molecular weight excluding hydrogens is 212 g/mol. The number of nitrogens with zero attached hydrogens (tertiary/aromatic N) is 1. The number of likely N-dealkylation sites (tertiary alicyclic amines) is 1. The Bertz CT molecular complexity index is 280. The molecule has 1 heterocycles. The Kier molecular flexibility index (Phi) is 3.30. The highest BCUT2D eigenvalue weighted by Crippen LogP contribution is 2.52. The van der Waals surface area contributed by atoms with Crippen LogP contribution < -0.4 is 5.73 Å². The molecule has 1 saturated heterocycles. The first-order valence-electron chi connectivity index (χ1n) is 6.94. The molecule has 1 saturated carbocycles. The summed E-state index contributed by atoms with van der Waals surface area (Å²) in [5, 5.41) is 11.0. The van der Waals surface area contributed by atoms with Crippen molar-refractivity contribution in [3.05, 3.63) is 0 Å². The Balaban J connectivity index is 2.16. The molecule has 0 radical (unpaired) electrons. The third-order valence-corrected chi connectivity index (χ3v) is 5.38. The molecule has 0 aromatic rings. The molecule has 100 valence electrons. The van der Waals surface area contributed by atoms with Gasteiger partial charge in [-0.1, -0.05) is 13.8 Å². The van der Waals surface area contributed by atoms with E-state index in [1.165, 1.54) is 12.8 Å². The number of aliphatic hydroxyl groups is 1. The van der Waals surface area contributed by atoms with Crippen LogP contribution in [0.1, 0.15) is 46.0 Å². The van der Waals surface area contributed by atoms with Crippen LogP contribution in [0.15, 0.2) is 0 Å². The van der Waals surface area contributed by atoms with Gasteiger partial charge in [0.1, 0.15) is 0 Å². The van der Waals surface area contributed by atoms with E-state index in [-0.39, 0.29) is 5.41 Å². The SMILES string of the molecule is CN1CCC(O)(C2(CN)CCC(C)(C)CC2)C1. The van der Waals surface area contributed by atoms with E-state index in [1.807, 2.05) is 0 Å². The summed E-state index contributed by atoms with van der Waals surface area (Å²) in [5.41, 5.74) is 5.91. The summed E-state index contributed by atoms with van der Waals surface area (Å²) < 4.78 is 0. The zero-order chi connectivity index (χ0) is 12.7. The van der Waals surface area contributed by atoms with E-state index in [0.29, 0.717) is 12.0 Å². The van der Waals surface area contributed by atoms with Gasteiger partial charge < -0.3 is 15.7 Å². The van der Waals surface area contributed by atoms with Gasteiger partial charge in [-0.2, -0.15) is 0 Å². The topological polar surface area (TPSA) is 49.5 Å². The van der Waals surface area contributed by atoms with Crippen molar-refractivity contribution in [3.8, 4) is 0 Å². The minimum Gasteiger partial charge on any atom is -0.388 e. The van der Waals surface area contributed by atoms with Gasteiger partial charge in [0, 0.05) is 25.0 Å². The van der Waals surface area contributed by atoms with Gasteiger partial charge in [-0.3, -0.25) is 0 Å². The molecule has 1 aliphatic heterocycles. The second-order valence-corrected chi connectivity index (χ2v) is 7.17. The number of hydrogen-bond acceptors (Lipinski definition) is 3. The lowest BCUT2D eigenvalue weighted by Gasteiger charge is -2.51. The van der Waals surface area contributed by atoms with Gasteiger partial charge in [-0.25, -0.2) is 0 Å². The van der Waals surface area contributed by atoms with Crippen LogP contribution in [0.3, 0.4) is 0 Å². The van der Waals surface area contributed by atoms with Gasteiger partial charge in [-0.15, -0.1) is 0 Å². The largest absolute Gasteiger partial charge is 0.388 e. The lowest BCUT2D eigenvalue weighted by atomic mass is 9.58. The molecule has 3 heteroatoms. The Labute approximate surface area is 105 Å². The average Bonchev–Trinajstić information content (AvgIpc) is 2.61. The van der Waals surface area contributed by atoms with Gasteiger partial charge >= 0.3 is 0 Å². The standard InChI is InChI=1S/C14H28N2O/c1-12(2)4-6-13(10-15,7-5-12)14(17)8-9-16(3)11-14/h17H,4-11,15H2,1-3H3. The van der Waals surface area contributed by atoms with Gasteiger partial charge in [-0.05, 0) is 44.6 Å². The quantitative estimate of drug-likeness (QED) is 0.771. The lowest BCUT2D eigenvalue weighted by Crippen LogP contribution is -2.56. The molecule has 0 aromatic carbocycles. The van der Waals surface area contributed by atoms with E-state index in [0.717, 1.165) is 32.4 Å². The second-order valence-electron chi connectivity index (χ2n) is 7.17. The minimum atomic E-state index is -0.549. The van der Waals surface area contributed by atoms with Crippen molar-refractivity contribution in [3.63, 3.8) is 0 Å². The van der Waals surface area contributed by atoms with Crippen LogP contribution in [0.2, 0.25) is 0 Å². The number of likely N-dealkylation sites (N-methyl/N-ethyl adjacent to an activating group) is 1. The fourth-order valence-electron chi connectivity index (χ4n) is 3.68. The molecule has 0 amide bonds. The first kappa shape index (κ1) is 13.3. The van der Waals surface area contributed by atoms with Crippen LogP contribution >= 0.6 is 0 Å². The molecule has 2 fully saturated rings. The maximum Gasteiger partial charge on any atom is 0.0853 e. The highest BCUT2D eigenvalue weighted by atomic mass is 16.3. The van der Waals surface area contributed by atoms with Gasteiger partial charge in [0.15, 0.2) is 0 Å². The van der Waals surface area contributed by atoms with Crippen molar-refractivity contribution in [1.29, 1.82) is 0 Å². The van der Waals surface area contributed by atoms with Crippen molar-refractivity contribution in [1.82, 2.24) is 4.90 Å². The Morgan fingerprint density at radius 3 is 2.12 bits per heavy atom. The fraction of sp³-hybridized carbons (Fsp3) is 1.00. The monoisotopic (exact) mass is 240 g/mol. The van der Waals surface area contributed by atoms with Crippen LogP contribution in [0.4, 0.5) is 0 Å². The molecule has 2 rings (SSSR count). The summed E-state index contributed by atoms with van der Waals surface area (Å²) >= 11 is 0. The summed E-state index contributed by atoms with van der Waals surface area (Å²) in [6.45, 7) is 7.09. The molecule has 17 heavy (non-hydrogen) atoms. The number of hydrogen-bond donors (Lipinski definition) is 2. The molecule has 0 aromatic heterocycles. The van der Waals surface area contributed by atoms with Gasteiger partial charge in [0.2, 0.25) is 0 Å². The summed E-state index contributed by atoms with van der Waals surface area (Å²) in [7, 11) is 2.09. The van der Waals surface area contributed by atoms with Crippen molar-refractivity contribution in [2.75, 3.05) is 26.7 Å². The summed E-state index contributed by atoms with van der Waals surface area (Å²) in [4.78, 5) is 2.23. The highest BCUT2D eigenvalue weighted by Gasteiger charge is 2.54. The summed E-state index contributed by atoms with van der Waals surface area (Å²) in [6, 6.07) is 0. The zero-order valence-corrected chi connectivity index (χ0v) is 11.6. The molecule has 1 atom stereocenters. The maximum atomic E-state index is 11.0. The number of rotatable bonds is 2. The molecule has 1 unspecified atom stereocenters. The Morgan fingerprint density at radius 2 is 1.71 bits per heavy atom. The molecule has 3 N–H and O–H groups in total. The van der Waals surface area contributed by atoms with Crippen LogP contribution in [0, 0.1) is 10.8 Å². The third-order valence-electron chi connectivity index (χ3n) is 5.38. The predicted molar refractivity (Wildman–Crippen MR) is 70.8 cm³/mol. The Hall–Kier alpha value is -0.120. The molecule has 1 aliphatic carbocycles. The van der Waals surface area contributed by atoms with E-state index in [1.54, 1.807) is 0 Å². The first-order valence-corrected chi connectivity index (χ1v) is 6.94. The molecular formula is C14H28N2O. The predicted octanol–water partition coefficient (Wildman–Crippen LogP) is 1.60. The summed E-state index contributed by atoms with van der Waals surface area (Å²) in [5.74, 6) is 0. The first-order chi connectivity index (χ1) is 7.83. The van der Waals surface area contributed by atoms with Crippen LogP contribution in [-0.2, 0) is 0 Å². The van der Waals surface area contributed by atoms with Crippen molar-refractivity contribution in [2.45, 2.75) is 51.6 Å². The zero-order valence-electron chi connectivity index (χ0n) is 11.6. The van der Waals surface area contributed by atoms with E-state index in [4.69, 9.17) is 5.73 Å². The minimum absolute atomic E-state index is 0.0344.